The second-order valence-corrected chi connectivity index (χ2v) is 5.03. The van der Waals surface area contributed by atoms with Crippen LogP contribution in [0.5, 0.6) is 5.75 Å². The fourth-order valence-electron chi connectivity index (χ4n) is 2.02. The summed E-state index contributed by atoms with van der Waals surface area (Å²) < 4.78 is 10.9. The highest BCUT2D eigenvalue weighted by molar-refractivity contribution is 5.36. The number of rotatable bonds is 8. The van der Waals surface area contributed by atoms with Crippen LogP contribution < -0.4 is 10.1 Å². The first-order valence-corrected chi connectivity index (χ1v) is 7.47. The maximum Gasteiger partial charge on any atom is 0.226 e. The summed E-state index contributed by atoms with van der Waals surface area (Å²) in [5.74, 6) is 2.09. The Morgan fingerprint density at radius 3 is 2.86 bits per heavy atom. The molecule has 1 heterocycles. The van der Waals surface area contributed by atoms with Crippen LogP contribution in [0.1, 0.15) is 43.1 Å². The van der Waals surface area contributed by atoms with Gasteiger partial charge in [0.1, 0.15) is 5.75 Å². The van der Waals surface area contributed by atoms with E-state index in [1.165, 1.54) is 5.56 Å². The molecule has 5 heteroatoms. The van der Waals surface area contributed by atoms with Gasteiger partial charge in [0.2, 0.25) is 11.7 Å². The lowest BCUT2D eigenvalue weighted by molar-refractivity contribution is 0.282. The molecule has 2 aromatic rings. The highest BCUT2D eigenvalue weighted by atomic mass is 16.5. The summed E-state index contributed by atoms with van der Waals surface area (Å²) in [6.45, 7) is 8.35. The summed E-state index contributed by atoms with van der Waals surface area (Å²) in [4.78, 5) is 4.25. The molecule has 0 amide bonds. The van der Waals surface area contributed by atoms with E-state index in [4.69, 9.17) is 9.26 Å². The van der Waals surface area contributed by atoms with Crippen molar-refractivity contribution in [3.05, 3.63) is 41.0 Å². The maximum atomic E-state index is 5.84. The number of hydrogen-bond acceptors (Lipinski definition) is 5. The zero-order valence-corrected chi connectivity index (χ0v) is 13.0. The van der Waals surface area contributed by atoms with Crippen molar-refractivity contribution >= 4 is 0 Å². The van der Waals surface area contributed by atoms with E-state index in [9.17, 15) is 0 Å². The highest BCUT2D eigenvalue weighted by Crippen LogP contribution is 2.21. The van der Waals surface area contributed by atoms with Gasteiger partial charge in [-0.2, -0.15) is 4.98 Å². The Labute approximate surface area is 125 Å². The summed E-state index contributed by atoms with van der Waals surface area (Å²) >= 11 is 0. The number of hydrogen-bond donors (Lipinski definition) is 1. The molecule has 21 heavy (non-hydrogen) atoms. The van der Waals surface area contributed by atoms with Gasteiger partial charge in [-0.1, -0.05) is 36.7 Å². The van der Waals surface area contributed by atoms with Crippen LogP contribution in [0, 0.1) is 6.92 Å². The van der Waals surface area contributed by atoms with Crippen LogP contribution in [0.4, 0.5) is 0 Å². The van der Waals surface area contributed by atoms with Gasteiger partial charge in [0.25, 0.3) is 0 Å². The molecular weight excluding hydrogens is 266 g/mol. The average molecular weight is 289 g/mol. The van der Waals surface area contributed by atoms with Crippen molar-refractivity contribution in [2.75, 3.05) is 6.54 Å². The minimum Gasteiger partial charge on any atom is -0.485 e. The molecule has 0 aliphatic carbocycles. The van der Waals surface area contributed by atoms with Gasteiger partial charge in [0.15, 0.2) is 6.61 Å². The first kappa shape index (κ1) is 15.5. The normalized spacial score (nSPS) is 10.8. The van der Waals surface area contributed by atoms with Gasteiger partial charge < -0.3 is 14.6 Å². The van der Waals surface area contributed by atoms with Crippen molar-refractivity contribution < 1.29 is 9.26 Å². The number of benzene rings is 1. The van der Waals surface area contributed by atoms with Gasteiger partial charge in [-0.25, -0.2) is 0 Å². The van der Waals surface area contributed by atoms with Gasteiger partial charge in [-0.3, -0.25) is 0 Å². The van der Waals surface area contributed by atoms with Crippen molar-refractivity contribution in [2.24, 2.45) is 0 Å². The van der Waals surface area contributed by atoms with E-state index >= 15 is 0 Å². The molecule has 0 aliphatic heterocycles. The van der Waals surface area contributed by atoms with Crippen molar-refractivity contribution in [1.29, 1.82) is 0 Å². The molecule has 0 fully saturated rings. The molecule has 0 bridgehead atoms. The monoisotopic (exact) mass is 289 g/mol. The smallest absolute Gasteiger partial charge is 0.226 e. The third kappa shape index (κ3) is 4.56. The Bertz CT molecular complexity index is 566. The van der Waals surface area contributed by atoms with Crippen LogP contribution in [0.15, 0.2) is 22.7 Å². The van der Waals surface area contributed by atoms with Crippen LogP contribution in [0.3, 0.4) is 0 Å². The molecule has 0 atom stereocenters. The lowest BCUT2D eigenvalue weighted by Crippen LogP contribution is -2.15. The summed E-state index contributed by atoms with van der Waals surface area (Å²) in [7, 11) is 0. The Hall–Kier alpha value is -1.88. The van der Waals surface area contributed by atoms with Crippen molar-refractivity contribution in [3.8, 4) is 5.75 Å². The number of aromatic nitrogens is 2. The first-order valence-electron chi connectivity index (χ1n) is 7.47. The van der Waals surface area contributed by atoms with E-state index in [2.05, 4.69) is 35.4 Å². The molecular formula is C16H23N3O2. The Morgan fingerprint density at radius 1 is 1.29 bits per heavy atom. The van der Waals surface area contributed by atoms with E-state index in [1.807, 2.05) is 19.1 Å². The third-order valence-electron chi connectivity index (χ3n) is 3.13. The van der Waals surface area contributed by atoms with Crippen molar-refractivity contribution in [2.45, 2.75) is 46.8 Å². The molecule has 1 aromatic heterocycles. The molecule has 0 unspecified atom stereocenters. The zero-order chi connectivity index (χ0) is 15.1. The molecule has 114 valence electrons. The quantitative estimate of drug-likeness (QED) is 0.757. The fraction of sp³-hybridized carbons (Fsp3) is 0.500. The Balaban J connectivity index is 2.00. The number of nitrogens with one attached hydrogen (secondary N) is 1. The topological polar surface area (TPSA) is 60.2 Å². The zero-order valence-electron chi connectivity index (χ0n) is 13.0. The molecule has 0 spiro atoms. The lowest BCUT2D eigenvalue weighted by Gasteiger charge is -2.12. The number of nitrogens with zero attached hydrogens (tertiary/aromatic N) is 2. The van der Waals surface area contributed by atoms with E-state index in [-0.39, 0.29) is 0 Å². The summed E-state index contributed by atoms with van der Waals surface area (Å²) in [5, 5.41) is 7.30. The average Bonchev–Trinajstić information content (AvgIpc) is 2.95. The van der Waals surface area contributed by atoms with Crippen LogP contribution in [0.25, 0.3) is 0 Å². The summed E-state index contributed by atoms with van der Waals surface area (Å²) in [6, 6.07) is 6.19. The predicted octanol–water partition coefficient (Wildman–Crippen LogP) is 3.02. The van der Waals surface area contributed by atoms with E-state index < -0.39 is 0 Å². The SMILES string of the molecule is CCCNCc1cc(C)ccc1OCc1noc(CC)n1. The van der Waals surface area contributed by atoms with E-state index in [0.29, 0.717) is 18.3 Å². The second kappa shape index (κ2) is 7.78. The largest absolute Gasteiger partial charge is 0.485 e. The Morgan fingerprint density at radius 2 is 2.14 bits per heavy atom. The predicted molar refractivity (Wildman–Crippen MR) is 81.2 cm³/mol. The molecule has 1 aromatic carbocycles. The molecule has 2 rings (SSSR count). The van der Waals surface area contributed by atoms with Crippen LogP contribution >= 0.6 is 0 Å². The molecule has 0 saturated heterocycles. The molecule has 0 saturated carbocycles. The standard InChI is InChI=1S/C16H23N3O2/c1-4-8-17-10-13-9-12(3)6-7-14(13)20-11-15-18-16(5-2)21-19-15/h6-7,9,17H,4-5,8,10-11H2,1-3H3. The number of aryl methyl sites for hydroxylation is 2. The number of ether oxygens (including phenoxy) is 1. The van der Waals surface area contributed by atoms with Crippen molar-refractivity contribution in [3.63, 3.8) is 0 Å². The van der Waals surface area contributed by atoms with Crippen molar-refractivity contribution in [1.82, 2.24) is 15.5 Å². The molecule has 5 nitrogen and oxygen atoms in total. The molecule has 0 aliphatic rings. The first-order chi connectivity index (χ1) is 10.2. The van der Waals surface area contributed by atoms with Crippen LogP contribution in [-0.4, -0.2) is 16.7 Å². The Kier molecular flexibility index (Phi) is 5.75. The van der Waals surface area contributed by atoms with Gasteiger partial charge in [-0.15, -0.1) is 0 Å². The minimum absolute atomic E-state index is 0.327. The van der Waals surface area contributed by atoms with Gasteiger partial charge in [-0.05, 0) is 26.0 Å². The van der Waals surface area contributed by atoms with Gasteiger partial charge in [0.05, 0.1) is 0 Å². The summed E-state index contributed by atoms with van der Waals surface area (Å²) in [6.07, 6.45) is 1.86. The maximum absolute atomic E-state index is 5.84. The van der Waals surface area contributed by atoms with Gasteiger partial charge in [0, 0.05) is 18.5 Å². The highest BCUT2D eigenvalue weighted by Gasteiger charge is 2.08. The molecule has 1 N–H and O–H groups in total. The summed E-state index contributed by atoms with van der Waals surface area (Å²) in [5.41, 5.74) is 2.38. The fourth-order valence-corrected chi connectivity index (χ4v) is 2.02. The minimum atomic E-state index is 0.327. The third-order valence-corrected chi connectivity index (χ3v) is 3.13. The van der Waals surface area contributed by atoms with Crippen LogP contribution in [0.2, 0.25) is 0 Å². The van der Waals surface area contributed by atoms with E-state index in [0.717, 1.165) is 37.2 Å². The molecule has 0 radical (unpaired) electrons. The van der Waals surface area contributed by atoms with Gasteiger partial charge >= 0.3 is 0 Å². The second-order valence-electron chi connectivity index (χ2n) is 5.03. The lowest BCUT2D eigenvalue weighted by atomic mass is 10.1. The van der Waals surface area contributed by atoms with E-state index in [1.54, 1.807) is 0 Å². The van der Waals surface area contributed by atoms with Crippen LogP contribution in [-0.2, 0) is 19.6 Å².